The smallest absolute Gasteiger partial charge is 0.277 e. The van der Waals surface area contributed by atoms with Crippen molar-refractivity contribution >= 4 is 27.6 Å². The predicted octanol–water partition coefficient (Wildman–Crippen LogP) is 6.97. The molecule has 1 unspecified atom stereocenters. The summed E-state index contributed by atoms with van der Waals surface area (Å²) in [5, 5.41) is 14.2. The van der Waals surface area contributed by atoms with Crippen LogP contribution in [0.3, 0.4) is 0 Å². The Kier molecular flexibility index (Phi) is 41.0. The number of aryl methyl sites for hydroxylation is 2. The maximum atomic E-state index is 12.9. The molecule has 0 bridgehead atoms. The maximum absolute atomic E-state index is 12.9. The summed E-state index contributed by atoms with van der Waals surface area (Å²) in [4.78, 5) is 20.6. The third kappa shape index (κ3) is 22.3. The molecular formula is C38H70N6O5S. The maximum Gasteiger partial charge on any atom is 0.277 e. The van der Waals surface area contributed by atoms with Gasteiger partial charge in [-0.2, -0.15) is 5.10 Å². The monoisotopic (exact) mass is 723 g/mol. The molecule has 0 amide bonds. The third-order valence-electron chi connectivity index (χ3n) is 5.71. The first-order valence-electron chi connectivity index (χ1n) is 17.5. The van der Waals surface area contributed by atoms with Crippen molar-refractivity contribution in [1.29, 1.82) is 0 Å². The molecular weight excluding hydrogens is 653 g/mol. The first-order valence-corrected chi connectivity index (χ1v) is 18.8. The lowest BCUT2D eigenvalue weighted by molar-refractivity contribution is 0.162. The molecule has 1 aliphatic carbocycles. The van der Waals surface area contributed by atoms with Crippen molar-refractivity contribution in [1.82, 2.24) is 29.8 Å². The van der Waals surface area contributed by atoms with Crippen molar-refractivity contribution in [2.75, 3.05) is 53.3 Å². The van der Waals surface area contributed by atoms with Gasteiger partial charge in [0.15, 0.2) is 5.52 Å². The summed E-state index contributed by atoms with van der Waals surface area (Å²) in [5.74, 6) is 1.18. The molecule has 0 saturated carbocycles. The molecule has 2 aromatic heterocycles. The molecule has 0 fully saturated rings. The minimum atomic E-state index is -1.31. The second-order valence-corrected chi connectivity index (χ2v) is 10.4. The van der Waals surface area contributed by atoms with Gasteiger partial charge < -0.3 is 24.9 Å². The molecule has 1 atom stereocenters. The van der Waals surface area contributed by atoms with Crippen LogP contribution in [0.1, 0.15) is 86.7 Å². The van der Waals surface area contributed by atoms with Crippen molar-refractivity contribution < 1.29 is 18.8 Å². The van der Waals surface area contributed by atoms with Crippen molar-refractivity contribution in [2.45, 2.75) is 81.6 Å². The van der Waals surface area contributed by atoms with Gasteiger partial charge in [0.2, 0.25) is 0 Å². The van der Waals surface area contributed by atoms with Crippen LogP contribution in [0.2, 0.25) is 0 Å². The topological polar surface area (TPSA) is 143 Å². The molecule has 12 heteroatoms. The summed E-state index contributed by atoms with van der Waals surface area (Å²) < 4.78 is 28.0. The fourth-order valence-corrected chi connectivity index (χ4v) is 4.70. The molecule has 4 N–H and O–H groups in total. The average Bonchev–Trinajstić information content (AvgIpc) is 3.28. The number of rotatable bonds is 13. The van der Waals surface area contributed by atoms with E-state index in [0.29, 0.717) is 41.3 Å². The number of aliphatic hydroxyl groups is 1. The Labute approximate surface area is 306 Å². The van der Waals surface area contributed by atoms with Gasteiger partial charge in [-0.25, -0.2) is 13.9 Å². The molecule has 1 aliphatic rings. The van der Waals surface area contributed by atoms with E-state index in [4.69, 9.17) is 19.6 Å². The molecule has 50 heavy (non-hydrogen) atoms. The zero-order valence-electron chi connectivity index (χ0n) is 33.4. The Balaban J connectivity index is -0.000000567. The second kappa shape index (κ2) is 38.4. The lowest BCUT2D eigenvalue weighted by atomic mass is 10.1. The van der Waals surface area contributed by atoms with Crippen LogP contribution in [0, 0.1) is 0 Å². The summed E-state index contributed by atoms with van der Waals surface area (Å²) in [7, 11) is 5.18. The Morgan fingerprint density at radius 2 is 1.66 bits per heavy atom. The van der Waals surface area contributed by atoms with Gasteiger partial charge in [0.05, 0.1) is 34.6 Å². The van der Waals surface area contributed by atoms with Gasteiger partial charge in [0.1, 0.15) is 17.1 Å². The van der Waals surface area contributed by atoms with Gasteiger partial charge in [0.25, 0.3) is 5.56 Å². The molecule has 0 radical (unpaired) electrons. The van der Waals surface area contributed by atoms with Crippen LogP contribution in [0.25, 0.3) is 16.6 Å². The van der Waals surface area contributed by atoms with Crippen LogP contribution in [0.5, 0.6) is 0 Å². The summed E-state index contributed by atoms with van der Waals surface area (Å²) in [6.45, 7) is 26.5. The average molecular weight is 723 g/mol. The van der Waals surface area contributed by atoms with E-state index in [-0.39, 0.29) is 11.3 Å². The Morgan fingerprint density at radius 3 is 2.16 bits per heavy atom. The fourth-order valence-electron chi connectivity index (χ4n) is 3.91. The molecule has 2 aromatic rings. The highest BCUT2D eigenvalue weighted by atomic mass is 32.2. The first-order chi connectivity index (χ1) is 24.3. The molecule has 3 rings (SSSR count). The summed E-state index contributed by atoms with van der Waals surface area (Å²) >= 11 is 0. The Bertz CT molecular complexity index is 1340. The van der Waals surface area contributed by atoms with E-state index in [0.717, 1.165) is 50.9 Å². The minimum Gasteiger partial charge on any atom is -0.493 e. The predicted molar refractivity (Wildman–Crippen MR) is 218 cm³/mol. The first kappa shape index (κ1) is 53.4. The van der Waals surface area contributed by atoms with E-state index in [1.807, 2.05) is 99.9 Å². The van der Waals surface area contributed by atoms with E-state index in [2.05, 4.69) is 46.3 Å². The highest BCUT2D eigenvalue weighted by Crippen LogP contribution is 2.23. The molecule has 0 aromatic carbocycles. The zero-order valence-corrected chi connectivity index (χ0v) is 34.3. The highest BCUT2D eigenvalue weighted by molar-refractivity contribution is 7.83. The number of aliphatic hydroxyl groups excluding tert-OH is 1. The largest absolute Gasteiger partial charge is 0.493 e. The van der Waals surface area contributed by atoms with Crippen molar-refractivity contribution in [3.8, 4) is 0 Å². The standard InChI is InChI=1S/C25H33N5O3S.C4H10O.C2H7N.2C2H6.C2H4.CH4O/c1-5-12-20-22-23(30(4)29-20)25(31)28-24(27-22)19(21(6-2)33-7-3)15-16-34(32)26-17-18-13-10-8-9-11-14-18;1-3-5-4-2;1-3-2;4*1-2/h6,8-11,13,15,26H,5,7,12,14,16-17H2,1-4H3,(H,27,28,31);3-4H2,1-2H3;3H,1-2H3;2*1-2H3;1-2H2;2H,1H3/b19-15+,21-6+;;;;;;. The number of H-pyrrole nitrogens is 1. The van der Waals surface area contributed by atoms with Gasteiger partial charge >= 0.3 is 0 Å². The number of fused-ring (bicyclic) bond motifs is 1. The number of aromatic nitrogens is 4. The van der Waals surface area contributed by atoms with E-state index in [9.17, 15) is 9.00 Å². The molecule has 2 heterocycles. The summed E-state index contributed by atoms with van der Waals surface area (Å²) in [6.07, 6.45) is 16.1. The van der Waals surface area contributed by atoms with E-state index < -0.39 is 11.0 Å². The summed E-state index contributed by atoms with van der Waals surface area (Å²) in [6, 6.07) is 0. The van der Waals surface area contributed by atoms with Crippen LogP contribution >= 0.6 is 0 Å². The highest BCUT2D eigenvalue weighted by Gasteiger charge is 2.18. The quantitative estimate of drug-likeness (QED) is 0.0987. The molecule has 0 saturated heterocycles. The number of nitrogens with one attached hydrogen (secondary N) is 3. The lowest BCUT2D eigenvalue weighted by Crippen LogP contribution is -2.22. The van der Waals surface area contributed by atoms with Crippen molar-refractivity contribution in [3.05, 3.63) is 88.9 Å². The number of aromatic amines is 1. The van der Waals surface area contributed by atoms with Crippen LogP contribution in [-0.2, 0) is 33.9 Å². The fraction of sp³-hybridized carbons (Fsp3) is 0.553. The van der Waals surface area contributed by atoms with Gasteiger partial charge in [-0.15, -0.1) is 13.2 Å². The number of hydrogen-bond acceptors (Lipinski definition) is 8. The molecule has 0 spiro atoms. The van der Waals surface area contributed by atoms with Crippen LogP contribution in [0.4, 0.5) is 0 Å². The molecule has 288 valence electrons. The Morgan fingerprint density at radius 1 is 1.06 bits per heavy atom. The van der Waals surface area contributed by atoms with E-state index in [1.165, 1.54) is 0 Å². The number of ether oxygens (including phenoxy) is 2. The summed E-state index contributed by atoms with van der Waals surface area (Å²) in [5.41, 5.74) is 3.30. The molecule has 0 aliphatic heterocycles. The third-order valence-corrected chi connectivity index (χ3v) is 6.65. The minimum absolute atomic E-state index is 0.231. The van der Waals surface area contributed by atoms with Crippen LogP contribution in [0.15, 0.2) is 71.8 Å². The van der Waals surface area contributed by atoms with Gasteiger partial charge in [-0.3, -0.25) is 9.48 Å². The number of hydrogen-bond donors (Lipinski definition) is 4. The lowest BCUT2D eigenvalue weighted by Gasteiger charge is -2.13. The normalized spacial score (nSPS) is 12.2. The van der Waals surface area contributed by atoms with Gasteiger partial charge in [-0.1, -0.05) is 83.1 Å². The van der Waals surface area contributed by atoms with E-state index >= 15 is 0 Å². The van der Waals surface area contributed by atoms with Gasteiger partial charge in [-0.05, 0) is 60.7 Å². The zero-order chi connectivity index (χ0) is 39.3. The Hall–Kier alpha value is -3.42. The van der Waals surface area contributed by atoms with Crippen molar-refractivity contribution in [2.24, 2.45) is 7.05 Å². The van der Waals surface area contributed by atoms with Crippen LogP contribution in [-0.4, -0.2) is 82.4 Å². The second-order valence-electron chi connectivity index (χ2n) is 9.09. The number of allylic oxidation sites excluding steroid dienone is 7. The van der Waals surface area contributed by atoms with Gasteiger partial charge in [0, 0.05) is 33.9 Å². The molecule has 11 nitrogen and oxygen atoms in total. The number of nitrogens with zero attached hydrogens (tertiary/aromatic N) is 3. The van der Waals surface area contributed by atoms with Crippen LogP contribution < -0.4 is 15.6 Å². The van der Waals surface area contributed by atoms with E-state index in [1.54, 1.807) is 17.8 Å². The van der Waals surface area contributed by atoms with Crippen molar-refractivity contribution in [3.63, 3.8) is 0 Å². The SMILES string of the molecule is C/C=C(OCC)\C(=C/CS(=O)NCC1=CC=CC=CC1)c1nc2c(CCC)nn(C)c2c(=O)[nH]1.C=C.CC.CC.CCOCC.CNC.CO.